The Balaban J connectivity index is 1.80. The first-order chi connectivity index (χ1) is 10.4. The standard InChI is InChI=1S/C17H31N5/c1-17(2,22-9-6-15(7-10-22)21(3)4)13-20-11-14-5-8-19-12-16(14)18/h5,8,12,15,20H,6-7,9-11,13,18H2,1-4H3. The van der Waals surface area contributed by atoms with Crippen LogP contribution in [-0.4, -0.2) is 60.1 Å². The molecule has 1 saturated heterocycles. The van der Waals surface area contributed by atoms with Gasteiger partial charge in [-0.25, -0.2) is 0 Å². The minimum Gasteiger partial charge on any atom is -0.397 e. The third kappa shape index (κ3) is 4.41. The van der Waals surface area contributed by atoms with Crippen LogP contribution in [0.3, 0.4) is 0 Å². The number of aromatic nitrogens is 1. The summed E-state index contributed by atoms with van der Waals surface area (Å²) in [5.74, 6) is 0. The van der Waals surface area contributed by atoms with E-state index in [1.54, 1.807) is 12.4 Å². The number of anilines is 1. The highest BCUT2D eigenvalue weighted by atomic mass is 15.2. The lowest BCUT2D eigenvalue weighted by atomic mass is 9.95. The van der Waals surface area contributed by atoms with Crippen molar-refractivity contribution < 1.29 is 0 Å². The monoisotopic (exact) mass is 305 g/mol. The lowest BCUT2D eigenvalue weighted by molar-refractivity contribution is 0.0616. The van der Waals surface area contributed by atoms with E-state index in [0.717, 1.165) is 30.4 Å². The second-order valence-corrected chi connectivity index (χ2v) is 7.17. The van der Waals surface area contributed by atoms with E-state index < -0.39 is 0 Å². The number of rotatable bonds is 6. The molecule has 2 heterocycles. The van der Waals surface area contributed by atoms with Crippen LogP contribution in [0.1, 0.15) is 32.3 Å². The van der Waals surface area contributed by atoms with Crippen molar-refractivity contribution in [2.24, 2.45) is 0 Å². The normalized spacial score (nSPS) is 18.0. The third-order valence-corrected chi connectivity index (χ3v) is 4.87. The van der Waals surface area contributed by atoms with Crippen molar-refractivity contribution in [2.75, 3.05) is 39.5 Å². The van der Waals surface area contributed by atoms with E-state index >= 15 is 0 Å². The fourth-order valence-electron chi connectivity index (χ4n) is 3.20. The third-order valence-electron chi connectivity index (χ3n) is 4.87. The molecule has 1 aliphatic heterocycles. The second kappa shape index (κ2) is 7.40. The van der Waals surface area contributed by atoms with E-state index in [2.05, 4.69) is 48.0 Å². The summed E-state index contributed by atoms with van der Waals surface area (Å²) in [6.07, 6.45) is 6.03. The Bertz CT molecular complexity index is 464. The number of piperidine rings is 1. The fourth-order valence-corrected chi connectivity index (χ4v) is 3.20. The van der Waals surface area contributed by atoms with E-state index in [0.29, 0.717) is 0 Å². The van der Waals surface area contributed by atoms with E-state index in [1.807, 2.05) is 6.07 Å². The Morgan fingerprint density at radius 3 is 2.64 bits per heavy atom. The molecule has 1 aliphatic rings. The van der Waals surface area contributed by atoms with Gasteiger partial charge in [0.2, 0.25) is 0 Å². The molecule has 124 valence electrons. The van der Waals surface area contributed by atoms with Gasteiger partial charge in [0.25, 0.3) is 0 Å². The molecule has 0 amide bonds. The first kappa shape index (κ1) is 17.2. The molecule has 0 atom stereocenters. The highest BCUT2D eigenvalue weighted by Crippen LogP contribution is 2.22. The van der Waals surface area contributed by atoms with E-state index in [1.165, 1.54) is 25.9 Å². The summed E-state index contributed by atoms with van der Waals surface area (Å²) in [4.78, 5) is 8.99. The van der Waals surface area contributed by atoms with Crippen molar-refractivity contribution in [3.8, 4) is 0 Å². The summed E-state index contributed by atoms with van der Waals surface area (Å²) >= 11 is 0. The average molecular weight is 305 g/mol. The van der Waals surface area contributed by atoms with Crippen molar-refractivity contribution in [3.63, 3.8) is 0 Å². The first-order valence-electron chi connectivity index (χ1n) is 8.21. The zero-order chi connectivity index (χ0) is 16.2. The Labute approximate surface area is 134 Å². The molecule has 0 unspecified atom stereocenters. The van der Waals surface area contributed by atoms with Gasteiger partial charge in [0.05, 0.1) is 11.9 Å². The number of hydrogen-bond acceptors (Lipinski definition) is 5. The van der Waals surface area contributed by atoms with E-state index in [9.17, 15) is 0 Å². The first-order valence-corrected chi connectivity index (χ1v) is 8.21. The van der Waals surface area contributed by atoms with Crippen molar-refractivity contribution in [1.82, 2.24) is 20.1 Å². The van der Waals surface area contributed by atoms with Crippen LogP contribution < -0.4 is 11.1 Å². The van der Waals surface area contributed by atoms with Crippen molar-refractivity contribution in [3.05, 3.63) is 24.0 Å². The number of hydrogen-bond donors (Lipinski definition) is 2. The molecule has 0 spiro atoms. The molecule has 22 heavy (non-hydrogen) atoms. The molecule has 3 N–H and O–H groups in total. The number of likely N-dealkylation sites (tertiary alicyclic amines) is 1. The summed E-state index contributed by atoms with van der Waals surface area (Å²) < 4.78 is 0. The molecule has 1 fully saturated rings. The molecule has 1 aromatic rings. The number of nitrogen functional groups attached to an aromatic ring is 1. The van der Waals surface area contributed by atoms with Gasteiger partial charge < -0.3 is 16.0 Å². The maximum absolute atomic E-state index is 5.94. The van der Waals surface area contributed by atoms with Gasteiger partial charge in [-0.1, -0.05) is 0 Å². The van der Waals surface area contributed by atoms with Gasteiger partial charge in [-0.3, -0.25) is 9.88 Å². The highest BCUT2D eigenvalue weighted by Gasteiger charge is 2.30. The molecule has 1 aromatic heterocycles. The minimum atomic E-state index is 0.166. The molecular weight excluding hydrogens is 274 g/mol. The summed E-state index contributed by atoms with van der Waals surface area (Å²) in [7, 11) is 4.37. The molecule has 2 rings (SSSR count). The Hall–Kier alpha value is -1.17. The summed E-state index contributed by atoms with van der Waals surface area (Å²) in [6, 6.07) is 2.72. The minimum absolute atomic E-state index is 0.166. The molecule has 0 bridgehead atoms. The molecular formula is C17H31N5. The molecule has 5 heteroatoms. The average Bonchev–Trinajstić information content (AvgIpc) is 2.49. The van der Waals surface area contributed by atoms with Crippen molar-refractivity contribution in [1.29, 1.82) is 0 Å². The number of nitrogens with one attached hydrogen (secondary N) is 1. The van der Waals surface area contributed by atoms with E-state index in [4.69, 9.17) is 5.73 Å². The Morgan fingerprint density at radius 1 is 1.36 bits per heavy atom. The molecule has 5 nitrogen and oxygen atoms in total. The fraction of sp³-hybridized carbons (Fsp3) is 0.706. The van der Waals surface area contributed by atoms with Crippen LogP contribution in [0.25, 0.3) is 0 Å². The molecule has 0 radical (unpaired) electrons. The number of pyridine rings is 1. The Kier molecular flexibility index (Phi) is 5.78. The van der Waals surface area contributed by atoms with Gasteiger partial charge >= 0.3 is 0 Å². The SMILES string of the molecule is CN(C)C1CCN(C(C)(C)CNCc2ccncc2N)CC1. The van der Waals surface area contributed by atoms with Gasteiger partial charge in [-0.2, -0.15) is 0 Å². The zero-order valence-corrected chi connectivity index (χ0v) is 14.5. The van der Waals surface area contributed by atoms with Crippen LogP contribution in [0.2, 0.25) is 0 Å². The maximum atomic E-state index is 5.94. The largest absolute Gasteiger partial charge is 0.397 e. The van der Waals surface area contributed by atoms with Crippen LogP contribution in [0.5, 0.6) is 0 Å². The highest BCUT2D eigenvalue weighted by molar-refractivity contribution is 5.43. The summed E-state index contributed by atoms with van der Waals surface area (Å²) in [5, 5.41) is 3.55. The predicted molar refractivity (Wildman–Crippen MR) is 92.7 cm³/mol. The van der Waals surface area contributed by atoms with E-state index in [-0.39, 0.29) is 5.54 Å². The van der Waals surface area contributed by atoms with Crippen LogP contribution in [0, 0.1) is 0 Å². The molecule has 0 aromatic carbocycles. The van der Waals surface area contributed by atoms with Crippen LogP contribution in [0.15, 0.2) is 18.5 Å². The van der Waals surface area contributed by atoms with Gasteiger partial charge in [-0.15, -0.1) is 0 Å². The second-order valence-electron chi connectivity index (χ2n) is 7.17. The molecule has 0 saturated carbocycles. The van der Waals surface area contributed by atoms with Gasteiger partial charge in [0, 0.05) is 44.0 Å². The smallest absolute Gasteiger partial charge is 0.0546 e. The maximum Gasteiger partial charge on any atom is 0.0546 e. The van der Waals surface area contributed by atoms with Gasteiger partial charge in [0.15, 0.2) is 0 Å². The lowest BCUT2D eigenvalue weighted by Gasteiger charge is -2.44. The zero-order valence-electron chi connectivity index (χ0n) is 14.5. The summed E-state index contributed by atoms with van der Waals surface area (Å²) in [6.45, 7) is 8.76. The van der Waals surface area contributed by atoms with Crippen molar-refractivity contribution in [2.45, 2.75) is 44.8 Å². The van der Waals surface area contributed by atoms with Crippen LogP contribution >= 0.6 is 0 Å². The van der Waals surface area contributed by atoms with Crippen molar-refractivity contribution >= 4 is 5.69 Å². The number of nitrogens with zero attached hydrogens (tertiary/aromatic N) is 3. The van der Waals surface area contributed by atoms with Crippen LogP contribution in [0.4, 0.5) is 5.69 Å². The Morgan fingerprint density at radius 2 is 2.05 bits per heavy atom. The van der Waals surface area contributed by atoms with Gasteiger partial charge in [-0.05, 0) is 52.4 Å². The number of nitrogens with two attached hydrogens (primary N) is 1. The van der Waals surface area contributed by atoms with Gasteiger partial charge in [0.1, 0.15) is 0 Å². The lowest BCUT2D eigenvalue weighted by Crippen LogP contribution is -2.55. The predicted octanol–water partition coefficient (Wildman–Crippen LogP) is 1.56. The topological polar surface area (TPSA) is 57.4 Å². The summed E-state index contributed by atoms with van der Waals surface area (Å²) in [5.41, 5.74) is 7.99. The van der Waals surface area contributed by atoms with Crippen LogP contribution in [-0.2, 0) is 6.54 Å². The quantitative estimate of drug-likeness (QED) is 0.835. The molecule has 0 aliphatic carbocycles.